The number of carbonyl (C=O) groups excluding carboxylic acids is 1. The number of nitrogens with one attached hydrogen (secondary N) is 2. The molecule has 0 saturated carbocycles. The minimum Gasteiger partial charge on any atom is -0.325 e. The Labute approximate surface area is 196 Å². The van der Waals surface area contributed by atoms with Crippen molar-refractivity contribution in [3.05, 3.63) is 95.8 Å². The van der Waals surface area contributed by atoms with Gasteiger partial charge in [0.1, 0.15) is 17.5 Å². The third-order valence-corrected chi connectivity index (χ3v) is 4.83. The van der Waals surface area contributed by atoms with E-state index in [-0.39, 0.29) is 34.0 Å². The molecule has 35 heavy (non-hydrogen) atoms. The number of hydrogen-bond acceptors (Lipinski definition) is 6. The average molecular weight is 478 g/mol. The van der Waals surface area contributed by atoms with E-state index < -0.39 is 23.5 Å². The minimum absolute atomic E-state index is 0.105. The van der Waals surface area contributed by atoms with Gasteiger partial charge < -0.3 is 10.6 Å². The van der Waals surface area contributed by atoms with Crippen LogP contribution in [0.5, 0.6) is 0 Å². The predicted molar refractivity (Wildman–Crippen MR) is 119 cm³/mol. The molecular formula is C24H14F4N6O. The lowest BCUT2D eigenvalue weighted by Crippen LogP contribution is -2.13. The summed E-state index contributed by atoms with van der Waals surface area (Å²) >= 11 is 0. The number of halogens is 4. The molecule has 0 atom stereocenters. The molecule has 0 bridgehead atoms. The minimum atomic E-state index is -4.51. The maximum atomic E-state index is 14.5. The fourth-order valence-corrected chi connectivity index (χ4v) is 3.13. The lowest BCUT2D eigenvalue weighted by Gasteiger charge is -2.12. The molecule has 7 nitrogen and oxygen atoms in total. The molecule has 0 aliphatic rings. The van der Waals surface area contributed by atoms with E-state index in [0.717, 1.165) is 18.2 Å². The van der Waals surface area contributed by atoms with Crippen LogP contribution in [0.3, 0.4) is 0 Å². The standard InChI is InChI=1S/C24H14F4N6O/c25-19-9-14(11-29)1-3-17(19)18-6-7-30-13-20(18)33-23(35)15-5-8-31-22(10-15)34-21-4-2-16(12-32-21)24(26,27)28/h1-10,12-13H,(H,33,35)(H,31,32,34). The highest BCUT2D eigenvalue weighted by molar-refractivity contribution is 6.06. The second kappa shape index (κ2) is 9.56. The molecule has 0 spiro atoms. The molecule has 0 aliphatic carbocycles. The summed E-state index contributed by atoms with van der Waals surface area (Å²) in [6.45, 7) is 0. The van der Waals surface area contributed by atoms with Crippen LogP contribution >= 0.6 is 0 Å². The van der Waals surface area contributed by atoms with Gasteiger partial charge in [-0.05, 0) is 42.5 Å². The molecule has 4 aromatic rings. The summed E-state index contributed by atoms with van der Waals surface area (Å²) in [5.41, 5.74) is 0.200. The second-order valence-electron chi connectivity index (χ2n) is 7.17. The molecule has 1 aromatic carbocycles. The van der Waals surface area contributed by atoms with Crippen molar-refractivity contribution in [3.8, 4) is 17.2 Å². The van der Waals surface area contributed by atoms with Crippen LogP contribution in [0, 0.1) is 17.1 Å². The van der Waals surface area contributed by atoms with Crippen LogP contribution in [0.2, 0.25) is 0 Å². The van der Waals surface area contributed by atoms with E-state index in [1.165, 1.54) is 48.9 Å². The maximum absolute atomic E-state index is 14.5. The van der Waals surface area contributed by atoms with Crippen molar-refractivity contribution in [3.63, 3.8) is 0 Å². The van der Waals surface area contributed by atoms with Gasteiger partial charge in [0.15, 0.2) is 0 Å². The van der Waals surface area contributed by atoms with Gasteiger partial charge in [0, 0.05) is 35.3 Å². The smallest absolute Gasteiger partial charge is 0.325 e. The number of benzene rings is 1. The molecule has 0 radical (unpaired) electrons. The van der Waals surface area contributed by atoms with Crippen LogP contribution in [0.15, 0.2) is 73.3 Å². The molecule has 0 fully saturated rings. The van der Waals surface area contributed by atoms with Crippen LogP contribution < -0.4 is 10.6 Å². The van der Waals surface area contributed by atoms with Crippen molar-refractivity contribution in [2.45, 2.75) is 6.18 Å². The first-order valence-electron chi connectivity index (χ1n) is 9.96. The Bertz CT molecular complexity index is 1430. The highest BCUT2D eigenvalue weighted by Crippen LogP contribution is 2.31. The lowest BCUT2D eigenvalue weighted by atomic mass is 10.0. The van der Waals surface area contributed by atoms with E-state index in [1.54, 1.807) is 0 Å². The zero-order valence-electron chi connectivity index (χ0n) is 17.6. The van der Waals surface area contributed by atoms with Gasteiger partial charge in [0.25, 0.3) is 5.91 Å². The lowest BCUT2D eigenvalue weighted by molar-refractivity contribution is -0.137. The molecule has 0 unspecified atom stereocenters. The number of alkyl halides is 3. The van der Waals surface area contributed by atoms with Crippen molar-refractivity contribution in [1.82, 2.24) is 15.0 Å². The summed E-state index contributed by atoms with van der Waals surface area (Å²) in [4.78, 5) is 24.6. The number of nitriles is 1. The topological polar surface area (TPSA) is 104 Å². The Kier molecular flexibility index (Phi) is 6.37. The summed E-state index contributed by atoms with van der Waals surface area (Å²) in [5, 5.41) is 14.3. The Hall–Kier alpha value is -4.85. The van der Waals surface area contributed by atoms with Gasteiger partial charge in [0.2, 0.25) is 0 Å². The molecule has 11 heteroatoms. The third kappa shape index (κ3) is 5.39. The van der Waals surface area contributed by atoms with E-state index >= 15 is 0 Å². The summed E-state index contributed by atoms with van der Waals surface area (Å²) in [6, 6.07) is 12.2. The van der Waals surface area contributed by atoms with Crippen LogP contribution in [-0.2, 0) is 6.18 Å². The van der Waals surface area contributed by atoms with E-state index in [2.05, 4.69) is 25.6 Å². The zero-order valence-corrected chi connectivity index (χ0v) is 17.6. The Morgan fingerprint density at radius 1 is 0.914 bits per heavy atom. The fraction of sp³-hybridized carbons (Fsp3) is 0.0417. The normalized spacial score (nSPS) is 10.9. The number of carbonyl (C=O) groups is 1. The number of amides is 1. The quantitative estimate of drug-likeness (QED) is 0.364. The van der Waals surface area contributed by atoms with Crippen molar-refractivity contribution in [1.29, 1.82) is 5.26 Å². The molecule has 1 amide bonds. The monoisotopic (exact) mass is 478 g/mol. The van der Waals surface area contributed by atoms with Gasteiger partial charge >= 0.3 is 6.18 Å². The number of pyridine rings is 3. The largest absolute Gasteiger partial charge is 0.417 e. The first kappa shape index (κ1) is 23.3. The highest BCUT2D eigenvalue weighted by Gasteiger charge is 2.30. The van der Waals surface area contributed by atoms with Crippen LogP contribution in [-0.4, -0.2) is 20.9 Å². The number of nitrogens with zero attached hydrogens (tertiary/aromatic N) is 4. The molecule has 3 aromatic heterocycles. The van der Waals surface area contributed by atoms with Gasteiger partial charge in [-0.3, -0.25) is 9.78 Å². The number of rotatable bonds is 5. The first-order chi connectivity index (χ1) is 16.7. The molecule has 0 saturated heterocycles. The molecule has 0 aliphatic heterocycles. The zero-order chi connectivity index (χ0) is 25.0. The van der Waals surface area contributed by atoms with E-state index in [9.17, 15) is 22.4 Å². The first-order valence-corrected chi connectivity index (χ1v) is 9.96. The number of hydrogen-bond donors (Lipinski definition) is 2. The van der Waals surface area contributed by atoms with Crippen LogP contribution in [0.1, 0.15) is 21.5 Å². The second-order valence-corrected chi connectivity index (χ2v) is 7.17. The van der Waals surface area contributed by atoms with Crippen molar-refractivity contribution >= 4 is 23.2 Å². The SMILES string of the molecule is N#Cc1ccc(-c2ccncc2NC(=O)c2ccnc(Nc3ccc(C(F)(F)F)cn3)c2)c(F)c1. The molecular weight excluding hydrogens is 464 g/mol. The summed E-state index contributed by atoms with van der Waals surface area (Å²) < 4.78 is 52.7. The molecule has 4 rings (SSSR count). The Balaban J connectivity index is 1.54. The predicted octanol–water partition coefficient (Wildman–Crippen LogP) is 5.56. The maximum Gasteiger partial charge on any atom is 0.417 e. The van der Waals surface area contributed by atoms with Gasteiger partial charge in [0.05, 0.1) is 29.1 Å². The molecule has 174 valence electrons. The summed E-state index contributed by atoms with van der Waals surface area (Å²) in [6.07, 6.45) is 0.315. The van der Waals surface area contributed by atoms with Gasteiger partial charge in [-0.2, -0.15) is 18.4 Å². The van der Waals surface area contributed by atoms with Crippen LogP contribution in [0.25, 0.3) is 11.1 Å². The van der Waals surface area contributed by atoms with E-state index in [4.69, 9.17) is 5.26 Å². The van der Waals surface area contributed by atoms with E-state index in [1.807, 2.05) is 6.07 Å². The van der Waals surface area contributed by atoms with Gasteiger partial charge in [-0.1, -0.05) is 6.07 Å². The molecule has 3 heterocycles. The Morgan fingerprint density at radius 2 is 1.74 bits per heavy atom. The van der Waals surface area contributed by atoms with E-state index in [0.29, 0.717) is 11.8 Å². The Morgan fingerprint density at radius 3 is 2.43 bits per heavy atom. The van der Waals surface area contributed by atoms with Crippen molar-refractivity contribution in [2.75, 3.05) is 10.6 Å². The number of anilines is 3. The number of aromatic nitrogens is 3. The average Bonchev–Trinajstić information content (AvgIpc) is 2.84. The summed E-state index contributed by atoms with van der Waals surface area (Å²) in [7, 11) is 0. The van der Waals surface area contributed by atoms with Gasteiger partial charge in [-0.25, -0.2) is 14.4 Å². The molecule has 2 N–H and O–H groups in total. The van der Waals surface area contributed by atoms with Crippen molar-refractivity contribution in [2.24, 2.45) is 0 Å². The van der Waals surface area contributed by atoms with Gasteiger partial charge in [-0.15, -0.1) is 0 Å². The fourth-order valence-electron chi connectivity index (χ4n) is 3.13. The summed E-state index contributed by atoms with van der Waals surface area (Å²) in [5.74, 6) is -0.910. The third-order valence-electron chi connectivity index (χ3n) is 4.83. The van der Waals surface area contributed by atoms with Crippen LogP contribution in [0.4, 0.5) is 34.9 Å². The highest BCUT2D eigenvalue weighted by atomic mass is 19.4. The van der Waals surface area contributed by atoms with Crippen molar-refractivity contribution < 1.29 is 22.4 Å².